The number of carbonyl (C=O) groups is 2. The highest BCUT2D eigenvalue weighted by molar-refractivity contribution is 14.1. The monoisotopic (exact) mass is 736 g/mol. The lowest BCUT2D eigenvalue weighted by molar-refractivity contribution is -0.137. The van der Waals surface area contributed by atoms with Crippen molar-refractivity contribution in [2.75, 3.05) is 40.0 Å². The van der Waals surface area contributed by atoms with Crippen LogP contribution in [-0.4, -0.2) is 90.3 Å². The van der Waals surface area contributed by atoms with Crippen LogP contribution in [0.5, 0.6) is 11.5 Å². The Morgan fingerprint density at radius 3 is 2.45 bits per heavy atom. The molecular formula is C30H36F3IN2O8. The molecule has 0 bridgehead atoms. The van der Waals surface area contributed by atoms with Crippen LogP contribution in [0.1, 0.15) is 41.3 Å². The van der Waals surface area contributed by atoms with Gasteiger partial charge in [-0.25, -0.2) is 0 Å². The van der Waals surface area contributed by atoms with Gasteiger partial charge in [-0.3, -0.25) is 9.59 Å². The minimum Gasteiger partial charge on any atom is -0.493 e. The molecule has 3 atom stereocenters. The van der Waals surface area contributed by atoms with Gasteiger partial charge in [-0.15, -0.1) is 0 Å². The van der Waals surface area contributed by atoms with Crippen LogP contribution in [0.4, 0.5) is 13.2 Å². The Bertz CT molecular complexity index is 1310. The molecule has 0 aromatic heterocycles. The van der Waals surface area contributed by atoms with Crippen molar-refractivity contribution in [2.24, 2.45) is 0 Å². The molecule has 10 nitrogen and oxygen atoms in total. The lowest BCUT2D eigenvalue weighted by Gasteiger charge is -2.40. The number of amides is 2. The molecule has 0 heterocycles. The topological polar surface area (TPSA) is 138 Å². The summed E-state index contributed by atoms with van der Waals surface area (Å²) >= 11 is 1.99. The number of halogens is 4. The first-order valence-electron chi connectivity index (χ1n) is 13.9. The second-order valence-electron chi connectivity index (χ2n) is 9.91. The third kappa shape index (κ3) is 9.06. The number of alkyl halides is 3. The molecule has 44 heavy (non-hydrogen) atoms. The fourth-order valence-electron chi connectivity index (χ4n) is 4.76. The number of nitrogens with zero attached hydrogens (tertiary/aromatic N) is 1. The number of aliphatic hydroxyl groups is 3. The number of aliphatic hydroxyl groups excluding tert-OH is 3. The smallest absolute Gasteiger partial charge is 0.416 e. The lowest BCUT2D eigenvalue weighted by Crippen LogP contribution is -2.55. The molecule has 4 N–H and O–H groups in total. The standard InChI is InChI=1S/C30H36F3IN2O8/c1-3-43-12-4-10-36(29(41)19-5-7-21(8-6-19)30(31,32)33)23-15-20(28(40)35-9-11-37)16-24(26(23)39)44-27-22(34)13-18(17-38)14-25(27)42-2/h5-8,13-14,16,23-24,26,37-39H,3-4,9-12,15,17H2,1-2H3,(H,35,40). The molecule has 0 fully saturated rings. The van der Waals surface area contributed by atoms with Crippen molar-refractivity contribution in [1.29, 1.82) is 0 Å². The van der Waals surface area contributed by atoms with E-state index in [1.807, 2.05) is 29.5 Å². The van der Waals surface area contributed by atoms with Crippen LogP contribution in [0.2, 0.25) is 0 Å². The minimum absolute atomic E-state index is 0.0317. The maximum Gasteiger partial charge on any atom is 0.416 e. The second-order valence-corrected chi connectivity index (χ2v) is 11.1. The Kier molecular flexibility index (Phi) is 13.3. The molecule has 14 heteroatoms. The van der Waals surface area contributed by atoms with E-state index in [0.717, 1.165) is 24.3 Å². The molecule has 0 spiro atoms. The molecule has 3 unspecified atom stereocenters. The van der Waals surface area contributed by atoms with E-state index < -0.39 is 41.8 Å². The molecule has 0 aliphatic heterocycles. The number of hydrogen-bond acceptors (Lipinski definition) is 8. The van der Waals surface area contributed by atoms with E-state index >= 15 is 0 Å². The summed E-state index contributed by atoms with van der Waals surface area (Å²) in [5, 5.41) is 33.0. The van der Waals surface area contributed by atoms with Gasteiger partial charge in [0.15, 0.2) is 11.5 Å². The predicted molar refractivity (Wildman–Crippen MR) is 162 cm³/mol. The van der Waals surface area contributed by atoms with Crippen molar-refractivity contribution >= 4 is 34.4 Å². The van der Waals surface area contributed by atoms with Crippen molar-refractivity contribution in [3.05, 3.63) is 68.3 Å². The zero-order valence-electron chi connectivity index (χ0n) is 24.3. The number of rotatable bonds is 14. The quantitative estimate of drug-likeness (QED) is 0.172. The van der Waals surface area contributed by atoms with Gasteiger partial charge < -0.3 is 39.7 Å². The van der Waals surface area contributed by atoms with Crippen molar-refractivity contribution in [1.82, 2.24) is 10.2 Å². The van der Waals surface area contributed by atoms with Gasteiger partial charge in [0.05, 0.1) is 35.5 Å². The Morgan fingerprint density at radius 1 is 1.16 bits per heavy atom. The van der Waals surface area contributed by atoms with Crippen LogP contribution in [0.3, 0.4) is 0 Å². The Morgan fingerprint density at radius 2 is 1.86 bits per heavy atom. The molecule has 3 rings (SSSR count). The summed E-state index contributed by atoms with van der Waals surface area (Å²) in [6.45, 7) is 1.98. The summed E-state index contributed by atoms with van der Waals surface area (Å²) < 4.78 is 57.1. The average Bonchev–Trinajstić information content (AvgIpc) is 3.01. The first-order valence-corrected chi connectivity index (χ1v) is 15.0. The summed E-state index contributed by atoms with van der Waals surface area (Å²) in [5.74, 6) is -0.685. The number of methoxy groups -OCH3 is 1. The minimum atomic E-state index is -4.58. The zero-order valence-corrected chi connectivity index (χ0v) is 26.4. The van der Waals surface area contributed by atoms with Crippen LogP contribution in [0, 0.1) is 3.57 Å². The average molecular weight is 737 g/mol. The molecule has 1 aliphatic rings. The number of ether oxygens (including phenoxy) is 3. The van der Waals surface area contributed by atoms with E-state index in [9.17, 15) is 38.1 Å². The van der Waals surface area contributed by atoms with E-state index in [1.165, 1.54) is 18.1 Å². The van der Waals surface area contributed by atoms with E-state index in [0.29, 0.717) is 22.2 Å². The largest absolute Gasteiger partial charge is 0.493 e. The molecule has 1 aliphatic carbocycles. The fraction of sp³-hybridized carbons (Fsp3) is 0.467. The molecule has 0 radical (unpaired) electrons. The summed E-state index contributed by atoms with van der Waals surface area (Å²) in [4.78, 5) is 28.2. The number of carbonyl (C=O) groups excluding carboxylic acids is 2. The van der Waals surface area contributed by atoms with E-state index in [1.54, 1.807) is 12.1 Å². The van der Waals surface area contributed by atoms with Crippen LogP contribution in [0.15, 0.2) is 48.0 Å². The maximum atomic E-state index is 13.8. The van der Waals surface area contributed by atoms with Gasteiger partial charge in [-0.1, -0.05) is 0 Å². The van der Waals surface area contributed by atoms with E-state index in [-0.39, 0.29) is 62.0 Å². The molecule has 2 aromatic carbocycles. The summed E-state index contributed by atoms with van der Waals surface area (Å²) in [6.07, 6.45) is -5.45. The number of hydrogen-bond donors (Lipinski definition) is 4. The summed E-state index contributed by atoms with van der Waals surface area (Å²) in [7, 11) is 1.41. The molecule has 2 aromatic rings. The van der Waals surface area contributed by atoms with E-state index in [4.69, 9.17) is 14.2 Å². The molecule has 242 valence electrons. The van der Waals surface area contributed by atoms with Gasteiger partial charge in [0.2, 0.25) is 5.91 Å². The molecule has 2 amide bonds. The van der Waals surface area contributed by atoms with Gasteiger partial charge in [0.1, 0.15) is 12.2 Å². The van der Waals surface area contributed by atoms with Crippen LogP contribution in [-0.2, 0) is 22.3 Å². The third-order valence-electron chi connectivity index (χ3n) is 6.95. The van der Waals surface area contributed by atoms with Crippen LogP contribution >= 0.6 is 22.6 Å². The van der Waals surface area contributed by atoms with Crippen molar-refractivity contribution in [2.45, 2.75) is 50.8 Å². The summed E-state index contributed by atoms with van der Waals surface area (Å²) in [5.41, 5.74) is -0.210. The van der Waals surface area contributed by atoms with Gasteiger partial charge >= 0.3 is 6.18 Å². The normalized spacial score (nSPS) is 18.4. The molecule has 0 saturated carbocycles. The Balaban J connectivity index is 2.03. The predicted octanol–water partition coefficient (Wildman–Crippen LogP) is 3.30. The highest BCUT2D eigenvalue weighted by Gasteiger charge is 2.41. The van der Waals surface area contributed by atoms with Crippen LogP contribution in [0.25, 0.3) is 0 Å². The number of nitrogens with one attached hydrogen (secondary N) is 1. The van der Waals surface area contributed by atoms with Gasteiger partial charge in [-0.2, -0.15) is 13.2 Å². The Hall–Kier alpha value is -2.92. The van der Waals surface area contributed by atoms with Crippen molar-refractivity contribution < 1.29 is 52.3 Å². The SMILES string of the molecule is CCOCCCN(C(=O)c1ccc(C(F)(F)F)cc1)C1CC(C(=O)NCCO)=CC(Oc2c(I)cc(CO)cc2OC)C1O. The molecule has 0 saturated heterocycles. The zero-order chi connectivity index (χ0) is 32.4. The van der Waals surface area contributed by atoms with E-state index in [2.05, 4.69) is 5.32 Å². The third-order valence-corrected chi connectivity index (χ3v) is 7.75. The van der Waals surface area contributed by atoms with Gasteiger partial charge in [-0.05, 0) is 84.0 Å². The highest BCUT2D eigenvalue weighted by atomic mass is 127. The number of benzene rings is 2. The Labute approximate surface area is 266 Å². The first kappa shape index (κ1) is 35.6. The maximum absolute atomic E-state index is 13.8. The first-order chi connectivity index (χ1) is 20.9. The van der Waals surface area contributed by atoms with Gasteiger partial charge in [0.25, 0.3) is 5.91 Å². The van der Waals surface area contributed by atoms with Crippen molar-refractivity contribution in [3.8, 4) is 11.5 Å². The lowest BCUT2D eigenvalue weighted by atomic mass is 9.87. The molecular weight excluding hydrogens is 700 g/mol. The van der Waals surface area contributed by atoms with Gasteiger partial charge in [0, 0.05) is 43.9 Å². The van der Waals surface area contributed by atoms with Crippen molar-refractivity contribution in [3.63, 3.8) is 0 Å². The fourth-order valence-corrected chi connectivity index (χ4v) is 5.55. The summed E-state index contributed by atoms with van der Waals surface area (Å²) in [6, 6.07) is 5.97. The second kappa shape index (κ2) is 16.4. The highest BCUT2D eigenvalue weighted by Crippen LogP contribution is 2.37. The van der Waals surface area contributed by atoms with Crippen LogP contribution < -0.4 is 14.8 Å².